The van der Waals surface area contributed by atoms with Crippen molar-refractivity contribution in [3.8, 4) is 17.2 Å². The van der Waals surface area contributed by atoms with Crippen molar-refractivity contribution in [1.29, 1.82) is 0 Å². The summed E-state index contributed by atoms with van der Waals surface area (Å²) in [5, 5.41) is 7.77. The van der Waals surface area contributed by atoms with Gasteiger partial charge in [-0.2, -0.15) is 0 Å². The fourth-order valence-electron chi connectivity index (χ4n) is 2.11. The van der Waals surface area contributed by atoms with Crippen LogP contribution in [0.1, 0.15) is 29.3 Å². The van der Waals surface area contributed by atoms with E-state index in [1.165, 1.54) is 24.3 Å². The summed E-state index contributed by atoms with van der Waals surface area (Å²) in [7, 11) is 1.55. The number of nitrogens with zero attached hydrogens (tertiary/aromatic N) is 2. The van der Waals surface area contributed by atoms with Crippen LogP contribution in [0.2, 0.25) is 0 Å². The Labute approximate surface area is 143 Å². The first-order valence-electron chi connectivity index (χ1n) is 7.51. The van der Waals surface area contributed by atoms with Gasteiger partial charge in [0.25, 0.3) is 5.89 Å². The van der Waals surface area contributed by atoms with Crippen molar-refractivity contribution >= 4 is 5.97 Å². The highest BCUT2D eigenvalue weighted by atomic mass is 19.1. The van der Waals surface area contributed by atoms with Crippen LogP contribution >= 0.6 is 0 Å². The summed E-state index contributed by atoms with van der Waals surface area (Å²) in [5.74, 6) is 0.149. The van der Waals surface area contributed by atoms with Gasteiger partial charge in [0.05, 0.1) is 12.7 Å². The maximum absolute atomic E-state index is 13.0. The summed E-state index contributed by atoms with van der Waals surface area (Å²) < 4.78 is 28.8. The molecule has 0 spiro atoms. The molecule has 2 aromatic carbocycles. The third kappa shape index (κ3) is 3.82. The Balaban J connectivity index is 1.69. The van der Waals surface area contributed by atoms with E-state index in [1.807, 2.05) is 0 Å². The van der Waals surface area contributed by atoms with Crippen LogP contribution in [-0.2, 0) is 4.74 Å². The Morgan fingerprint density at radius 1 is 1.08 bits per heavy atom. The van der Waals surface area contributed by atoms with E-state index in [-0.39, 0.29) is 17.6 Å². The predicted molar refractivity (Wildman–Crippen MR) is 86.5 cm³/mol. The molecule has 0 saturated heterocycles. The second kappa shape index (κ2) is 7.12. The summed E-state index contributed by atoms with van der Waals surface area (Å²) >= 11 is 0. The number of benzene rings is 2. The van der Waals surface area contributed by atoms with E-state index in [1.54, 1.807) is 38.3 Å². The Kier molecular flexibility index (Phi) is 4.74. The minimum absolute atomic E-state index is 0.154. The summed E-state index contributed by atoms with van der Waals surface area (Å²) in [5.41, 5.74) is 0.958. The van der Waals surface area contributed by atoms with Crippen LogP contribution in [0.25, 0.3) is 11.5 Å². The van der Waals surface area contributed by atoms with Crippen molar-refractivity contribution in [2.75, 3.05) is 7.11 Å². The number of aromatic nitrogens is 2. The molecule has 0 amide bonds. The van der Waals surface area contributed by atoms with Gasteiger partial charge in [0.15, 0.2) is 6.10 Å². The van der Waals surface area contributed by atoms with Gasteiger partial charge >= 0.3 is 5.97 Å². The molecule has 0 saturated carbocycles. The van der Waals surface area contributed by atoms with E-state index in [4.69, 9.17) is 13.9 Å². The lowest BCUT2D eigenvalue weighted by atomic mass is 10.2. The quantitative estimate of drug-likeness (QED) is 0.657. The molecule has 0 aliphatic carbocycles. The van der Waals surface area contributed by atoms with E-state index >= 15 is 0 Å². The zero-order valence-corrected chi connectivity index (χ0v) is 13.6. The molecule has 1 aromatic heterocycles. The van der Waals surface area contributed by atoms with Crippen LogP contribution in [0.5, 0.6) is 5.75 Å². The number of rotatable bonds is 5. The molecule has 0 bridgehead atoms. The minimum Gasteiger partial charge on any atom is -0.497 e. The monoisotopic (exact) mass is 342 g/mol. The summed E-state index contributed by atoms with van der Waals surface area (Å²) in [6, 6.07) is 12.2. The van der Waals surface area contributed by atoms with E-state index < -0.39 is 12.1 Å². The molecular weight excluding hydrogens is 327 g/mol. The first-order chi connectivity index (χ1) is 12.1. The smallest absolute Gasteiger partial charge is 0.338 e. The molecule has 128 valence electrons. The first-order valence-corrected chi connectivity index (χ1v) is 7.51. The van der Waals surface area contributed by atoms with Crippen LogP contribution in [0.15, 0.2) is 52.9 Å². The van der Waals surface area contributed by atoms with Crippen molar-refractivity contribution in [2.45, 2.75) is 13.0 Å². The second-order valence-electron chi connectivity index (χ2n) is 5.23. The third-order valence-corrected chi connectivity index (χ3v) is 3.49. The SMILES string of the molecule is COc1ccc(C(=O)O[C@H](C)c2nnc(-c3ccc(F)cc3)o2)cc1. The lowest BCUT2D eigenvalue weighted by Gasteiger charge is -2.09. The number of hydrogen-bond acceptors (Lipinski definition) is 6. The van der Waals surface area contributed by atoms with E-state index in [9.17, 15) is 9.18 Å². The number of carbonyl (C=O) groups excluding carboxylic acids is 1. The summed E-state index contributed by atoms with van der Waals surface area (Å²) in [6.07, 6.45) is -0.726. The molecule has 1 atom stereocenters. The first kappa shape index (κ1) is 16.6. The number of halogens is 1. The molecular formula is C18H15FN2O4. The predicted octanol–water partition coefficient (Wildman–Crippen LogP) is 3.80. The molecule has 0 fully saturated rings. The van der Waals surface area contributed by atoms with Gasteiger partial charge in [-0.3, -0.25) is 0 Å². The van der Waals surface area contributed by atoms with Crippen molar-refractivity contribution < 1.29 is 23.1 Å². The van der Waals surface area contributed by atoms with E-state index in [2.05, 4.69) is 10.2 Å². The van der Waals surface area contributed by atoms with Gasteiger partial charge in [-0.1, -0.05) is 0 Å². The molecule has 0 N–H and O–H groups in total. The third-order valence-electron chi connectivity index (χ3n) is 3.49. The molecule has 6 nitrogen and oxygen atoms in total. The van der Waals surface area contributed by atoms with Crippen LogP contribution in [0, 0.1) is 5.82 Å². The maximum atomic E-state index is 13.0. The van der Waals surface area contributed by atoms with Gasteiger partial charge in [-0.05, 0) is 55.5 Å². The van der Waals surface area contributed by atoms with Gasteiger partial charge in [0, 0.05) is 5.56 Å². The molecule has 0 unspecified atom stereocenters. The zero-order chi connectivity index (χ0) is 17.8. The number of methoxy groups -OCH3 is 1. The fraction of sp³-hybridized carbons (Fsp3) is 0.167. The summed E-state index contributed by atoms with van der Waals surface area (Å²) in [6.45, 7) is 1.63. The number of carbonyl (C=O) groups is 1. The molecule has 0 aliphatic heterocycles. The second-order valence-corrected chi connectivity index (χ2v) is 5.23. The highest BCUT2D eigenvalue weighted by Gasteiger charge is 2.20. The van der Waals surface area contributed by atoms with Crippen LogP contribution in [-0.4, -0.2) is 23.3 Å². The molecule has 1 heterocycles. The van der Waals surface area contributed by atoms with Gasteiger partial charge < -0.3 is 13.9 Å². The van der Waals surface area contributed by atoms with E-state index in [0.717, 1.165) is 0 Å². The van der Waals surface area contributed by atoms with Gasteiger partial charge in [0.2, 0.25) is 5.89 Å². The Morgan fingerprint density at radius 2 is 1.76 bits per heavy atom. The fourth-order valence-corrected chi connectivity index (χ4v) is 2.11. The Bertz CT molecular complexity index is 860. The van der Waals surface area contributed by atoms with Gasteiger partial charge in [-0.25, -0.2) is 9.18 Å². The van der Waals surface area contributed by atoms with Crippen LogP contribution < -0.4 is 4.74 Å². The van der Waals surface area contributed by atoms with Crippen molar-refractivity contribution in [3.05, 3.63) is 65.8 Å². The number of hydrogen-bond donors (Lipinski definition) is 0. The average molecular weight is 342 g/mol. The molecule has 3 rings (SSSR count). The topological polar surface area (TPSA) is 74.5 Å². The van der Waals surface area contributed by atoms with Crippen molar-refractivity contribution in [3.63, 3.8) is 0 Å². The number of ether oxygens (including phenoxy) is 2. The average Bonchev–Trinajstić information content (AvgIpc) is 3.12. The van der Waals surface area contributed by atoms with Crippen LogP contribution in [0.4, 0.5) is 4.39 Å². The lowest BCUT2D eigenvalue weighted by molar-refractivity contribution is 0.0280. The lowest BCUT2D eigenvalue weighted by Crippen LogP contribution is -2.09. The van der Waals surface area contributed by atoms with Crippen molar-refractivity contribution in [2.24, 2.45) is 0 Å². The highest BCUT2D eigenvalue weighted by molar-refractivity contribution is 5.89. The standard InChI is InChI=1S/C18H15FN2O4/c1-11(24-18(22)13-5-9-15(23-2)10-6-13)16-20-21-17(25-16)12-3-7-14(19)8-4-12/h3-11H,1-2H3/t11-/m1/s1. The number of esters is 1. The highest BCUT2D eigenvalue weighted by Crippen LogP contribution is 2.23. The summed E-state index contributed by atoms with van der Waals surface area (Å²) in [4.78, 5) is 12.1. The van der Waals surface area contributed by atoms with Gasteiger partial charge in [0.1, 0.15) is 11.6 Å². The molecule has 3 aromatic rings. The van der Waals surface area contributed by atoms with Gasteiger partial charge in [-0.15, -0.1) is 10.2 Å². The normalized spacial score (nSPS) is 11.8. The maximum Gasteiger partial charge on any atom is 0.338 e. The van der Waals surface area contributed by atoms with Crippen LogP contribution in [0.3, 0.4) is 0 Å². The molecule has 7 heteroatoms. The zero-order valence-electron chi connectivity index (χ0n) is 13.6. The van der Waals surface area contributed by atoms with Crippen molar-refractivity contribution in [1.82, 2.24) is 10.2 Å². The van der Waals surface area contributed by atoms with E-state index in [0.29, 0.717) is 16.9 Å². The molecule has 0 aliphatic rings. The minimum atomic E-state index is -0.726. The largest absolute Gasteiger partial charge is 0.497 e. The molecule has 0 radical (unpaired) electrons. The molecule has 25 heavy (non-hydrogen) atoms. The Hall–Kier alpha value is -3.22. The Morgan fingerprint density at radius 3 is 2.40 bits per heavy atom.